The molecule has 5 nitrogen and oxygen atoms in total. The van der Waals surface area contributed by atoms with Crippen LogP contribution in [0.4, 0.5) is 13.2 Å². The summed E-state index contributed by atoms with van der Waals surface area (Å²) in [7, 11) is 1.38. The number of hydrogen-bond donors (Lipinski definition) is 1. The number of thiophene rings is 1. The van der Waals surface area contributed by atoms with E-state index >= 15 is 0 Å². The third-order valence-electron chi connectivity index (χ3n) is 2.95. The van der Waals surface area contributed by atoms with Crippen molar-refractivity contribution in [2.24, 2.45) is 0 Å². The van der Waals surface area contributed by atoms with E-state index in [1.807, 2.05) is 0 Å². The van der Waals surface area contributed by atoms with Crippen LogP contribution in [0, 0.1) is 0 Å². The lowest BCUT2D eigenvalue weighted by molar-refractivity contribution is -0.142. The highest BCUT2D eigenvalue weighted by Gasteiger charge is 2.35. The first-order valence-corrected chi connectivity index (χ1v) is 7.02. The van der Waals surface area contributed by atoms with E-state index in [4.69, 9.17) is 0 Å². The van der Waals surface area contributed by atoms with Gasteiger partial charge in [-0.2, -0.15) is 18.3 Å². The molecule has 0 bridgehead atoms. The van der Waals surface area contributed by atoms with Gasteiger partial charge in [0.25, 0.3) is 5.91 Å². The lowest BCUT2D eigenvalue weighted by Crippen LogP contribution is -2.19. The predicted octanol–water partition coefficient (Wildman–Crippen LogP) is 2.84. The van der Waals surface area contributed by atoms with Crippen LogP contribution < -0.4 is 5.32 Å². The van der Waals surface area contributed by atoms with Gasteiger partial charge in [0, 0.05) is 13.1 Å². The molecule has 0 aliphatic carbocycles. The summed E-state index contributed by atoms with van der Waals surface area (Å²) in [5.41, 5.74) is -0.935. The second-order valence-electron chi connectivity index (χ2n) is 4.38. The Labute approximate surface area is 126 Å². The molecule has 114 valence electrons. The lowest BCUT2D eigenvalue weighted by Gasteiger charge is -2.10. The number of carbonyl (C=O) groups excluding carboxylic acids is 1. The van der Waals surface area contributed by atoms with Crippen LogP contribution in [-0.2, 0) is 6.18 Å². The molecule has 0 radical (unpaired) electrons. The SMILES string of the molecule is CNC(=O)c1cc2nc(-c3cccs3)cc(C(F)(F)F)n2n1. The van der Waals surface area contributed by atoms with Crippen molar-refractivity contribution >= 4 is 22.9 Å². The maximum atomic E-state index is 13.2. The molecule has 3 aromatic heterocycles. The number of rotatable bonds is 2. The zero-order chi connectivity index (χ0) is 15.9. The molecule has 0 saturated carbocycles. The molecular formula is C13H9F3N4OS. The molecule has 0 atom stereocenters. The van der Waals surface area contributed by atoms with Gasteiger partial charge in [-0.15, -0.1) is 11.3 Å². The lowest BCUT2D eigenvalue weighted by atomic mass is 10.2. The van der Waals surface area contributed by atoms with E-state index in [0.717, 1.165) is 6.07 Å². The van der Waals surface area contributed by atoms with Crippen molar-refractivity contribution in [1.82, 2.24) is 19.9 Å². The van der Waals surface area contributed by atoms with Crippen molar-refractivity contribution in [2.45, 2.75) is 6.18 Å². The van der Waals surface area contributed by atoms with E-state index in [9.17, 15) is 18.0 Å². The number of halogens is 3. The average molecular weight is 326 g/mol. The minimum absolute atomic E-state index is 0.0307. The van der Waals surface area contributed by atoms with Gasteiger partial charge in [0.1, 0.15) is 0 Å². The van der Waals surface area contributed by atoms with Crippen LogP contribution >= 0.6 is 11.3 Å². The highest BCUT2D eigenvalue weighted by Crippen LogP contribution is 2.33. The molecule has 3 heterocycles. The third-order valence-corrected chi connectivity index (χ3v) is 3.84. The molecule has 0 unspecified atom stereocenters. The summed E-state index contributed by atoms with van der Waals surface area (Å²) >= 11 is 1.28. The van der Waals surface area contributed by atoms with E-state index in [1.165, 1.54) is 24.5 Å². The number of aromatic nitrogens is 3. The van der Waals surface area contributed by atoms with E-state index in [2.05, 4.69) is 15.4 Å². The summed E-state index contributed by atoms with van der Waals surface area (Å²) < 4.78 is 40.4. The first-order valence-electron chi connectivity index (χ1n) is 6.14. The van der Waals surface area contributed by atoms with Crippen molar-refractivity contribution in [3.8, 4) is 10.6 Å². The van der Waals surface area contributed by atoms with Gasteiger partial charge < -0.3 is 5.32 Å². The van der Waals surface area contributed by atoms with Gasteiger partial charge >= 0.3 is 6.18 Å². The summed E-state index contributed by atoms with van der Waals surface area (Å²) in [6.45, 7) is 0. The topological polar surface area (TPSA) is 59.3 Å². The fourth-order valence-corrected chi connectivity index (χ4v) is 2.65. The Balaban J connectivity index is 2.28. The number of nitrogens with one attached hydrogen (secondary N) is 1. The van der Waals surface area contributed by atoms with Crippen LogP contribution in [0.3, 0.4) is 0 Å². The highest BCUT2D eigenvalue weighted by atomic mass is 32.1. The summed E-state index contributed by atoms with van der Waals surface area (Å²) in [5.74, 6) is -0.573. The van der Waals surface area contributed by atoms with E-state index in [-0.39, 0.29) is 17.0 Å². The quantitative estimate of drug-likeness (QED) is 0.788. The molecule has 0 aliphatic heterocycles. The number of amides is 1. The van der Waals surface area contributed by atoms with Crippen LogP contribution in [0.25, 0.3) is 16.2 Å². The maximum absolute atomic E-state index is 13.2. The van der Waals surface area contributed by atoms with Crippen LogP contribution in [0.5, 0.6) is 0 Å². The number of carbonyl (C=O) groups is 1. The fraction of sp³-hybridized carbons (Fsp3) is 0.154. The minimum Gasteiger partial charge on any atom is -0.354 e. The number of fused-ring (bicyclic) bond motifs is 1. The molecule has 0 spiro atoms. The normalized spacial score (nSPS) is 11.8. The Morgan fingerprint density at radius 2 is 2.14 bits per heavy atom. The van der Waals surface area contributed by atoms with Gasteiger partial charge in [-0.25, -0.2) is 9.50 Å². The predicted molar refractivity (Wildman–Crippen MR) is 74.7 cm³/mol. The zero-order valence-corrected chi connectivity index (χ0v) is 12.0. The van der Waals surface area contributed by atoms with Crippen molar-refractivity contribution in [2.75, 3.05) is 7.05 Å². The molecule has 22 heavy (non-hydrogen) atoms. The number of nitrogens with zero attached hydrogens (tertiary/aromatic N) is 3. The fourth-order valence-electron chi connectivity index (χ4n) is 1.97. The molecule has 0 fully saturated rings. The number of hydrogen-bond acceptors (Lipinski definition) is 4. The van der Waals surface area contributed by atoms with Crippen molar-refractivity contribution in [3.63, 3.8) is 0 Å². The zero-order valence-electron chi connectivity index (χ0n) is 11.2. The van der Waals surface area contributed by atoms with E-state index in [0.29, 0.717) is 9.39 Å². The minimum atomic E-state index is -4.61. The van der Waals surface area contributed by atoms with Gasteiger partial charge in [0.05, 0.1) is 10.6 Å². The molecule has 3 rings (SSSR count). The standard InChI is InChI=1S/C13H9F3N4OS/c1-17-12(21)8-6-11-18-7(9-3-2-4-22-9)5-10(13(14,15)16)20(11)19-8/h2-6H,1H3,(H,17,21). The average Bonchev–Trinajstić information content (AvgIpc) is 3.12. The molecule has 0 saturated heterocycles. The summed E-state index contributed by atoms with van der Waals surface area (Å²) in [6, 6.07) is 5.57. The Bertz CT molecular complexity index is 839. The van der Waals surface area contributed by atoms with E-state index < -0.39 is 17.8 Å². The Kier molecular flexibility index (Phi) is 3.36. The second-order valence-corrected chi connectivity index (χ2v) is 5.33. The highest BCUT2D eigenvalue weighted by molar-refractivity contribution is 7.13. The van der Waals surface area contributed by atoms with Crippen LogP contribution in [0.2, 0.25) is 0 Å². The molecule has 0 aliphatic rings. The first kappa shape index (κ1) is 14.5. The Hall–Kier alpha value is -2.42. The molecule has 3 aromatic rings. The number of alkyl halides is 3. The smallest absolute Gasteiger partial charge is 0.354 e. The van der Waals surface area contributed by atoms with Gasteiger partial charge in [-0.3, -0.25) is 4.79 Å². The summed E-state index contributed by atoms with van der Waals surface area (Å²) in [5, 5.41) is 7.77. The summed E-state index contributed by atoms with van der Waals surface area (Å²) in [6.07, 6.45) is -4.61. The largest absolute Gasteiger partial charge is 0.433 e. The molecule has 0 aromatic carbocycles. The monoisotopic (exact) mass is 326 g/mol. The second kappa shape index (κ2) is 5.09. The third kappa shape index (κ3) is 2.43. The van der Waals surface area contributed by atoms with Gasteiger partial charge in [0.15, 0.2) is 17.0 Å². The molecular weight excluding hydrogens is 317 g/mol. The van der Waals surface area contributed by atoms with E-state index in [1.54, 1.807) is 17.5 Å². The molecule has 1 N–H and O–H groups in total. The van der Waals surface area contributed by atoms with Crippen LogP contribution in [0.1, 0.15) is 16.2 Å². The van der Waals surface area contributed by atoms with Crippen molar-refractivity contribution in [3.05, 3.63) is 41.0 Å². The van der Waals surface area contributed by atoms with Crippen molar-refractivity contribution in [1.29, 1.82) is 0 Å². The van der Waals surface area contributed by atoms with Crippen molar-refractivity contribution < 1.29 is 18.0 Å². The molecule has 9 heteroatoms. The first-order chi connectivity index (χ1) is 10.4. The maximum Gasteiger partial charge on any atom is 0.433 e. The molecule has 1 amide bonds. The summed E-state index contributed by atoms with van der Waals surface area (Å²) in [4.78, 5) is 16.3. The Morgan fingerprint density at radius 1 is 1.36 bits per heavy atom. The Morgan fingerprint density at radius 3 is 2.73 bits per heavy atom. The van der Waals surface area contributed by atoms with Crippen LogP contribution in [0.15, 0.2) is 29.6 Å². The van der Waals surface area contributed by atoms with Crippen LogP contribution in [-0.4, -0.2) is 27.6 Å². The van der Waals surface area contributed by atoms with Gasteiger partial charge in [-0.05, 0) is 17.5 Å². The van der Waals surface area contributed by atoms with Gasteiger partial charge in [0.2, 0.25) is 0 Å². The van der Waals surface area contributed by atoms with Gasteiger partial charge in [-0.1, -0.05) is 6.07 Å².